The molecular weight excluding hydrogens is 529 g/mol. The van der Waals surface area contributed by atoms with E-state index in [1.807, 2.05) is 58.3 Å². The number of hydrogen-bond donors (Lipinski definition) is 1. The van der Waals surface area contributed by atoms with E-state index < -0.39 is 0 Å². The quantitative estimate of drug-likeness (QED) is 0.373. The number of carbonyl (C=O) groups is 1. The van der Waals surface area contributed by atoms with Gasteiger partial charge in [-0.2, -0.15) is 0 Å². The van der Waals surface area contributed by atoms with Gasteiger partial charge in [0.15, 0.2) is 16.7 Å². The van der Waals surface area contributed by atoms with Crippen LogP contribution in [0.5, 0.6) is 11.5 Å². The number of piperazine rings is 1. The number of amides is 1. The van der Waals surface area contributed by atoms with E-state index >= 15 is 0 Å². The summed E-state index contributed by atoms with van der Waals surface area (Å²) in [6.07, 6.45) is 0.735. The minimum Gasteiger partial charge on any atom is -0.454 e. The Labute approximate surface area is 236 Å². The normalized spacial score (nSPS) is 20.9. The van der Waals surface area contributed by atoms with Crippen molar-refractivity contribution in [1.29, 1.82) is 0 Å². The maximum atomic E-state index is 14.4. The molecule has 206 valence electrons. The molecule has 10 heteroatoms. The number of nitrogens with one attached hydrogen (secondary N) is 1. The average molecular weight is 560 g/mol. The molecule has 7 rings (SSSR count). The molecule has 0 radical (unpaired) electrons. The van der Waals surface area contributed by atoms with Crippen molar-refractivity contribution in [2.75, 3.05) is 44.4 Å². The standard InChI is InChI=1S/C30H30FN5O3S/c31-22-5-1-4-8-25(22)34-11-13-35(14-12-34)29(37)26-16-21(40-30-32-23-6-2-3-7-24(23)33-30)18-36(26)17-20-9-10-27-28(15-20)39-19-38-27/h1-10,15,21,26H,11-14,16-19H2,(H,32,33)/t21-,26+/m1/s1. The molecule has 8 nitrogen and oxygen atoms in total. The number of hydrogen-bond acceptors (Lipinski definition) is 7. The first-order valence-electron chi connectivity index (χ1n) is 13.6. The molecule has 40 heavy (non-hydrogen) atoms. The lowest BCUT2D eigenvalue weighted by Crippen LogP contribution is -2.53. The number of anilines is 1. The Bertz CT molecular complexity index is 1510. The Hall–Kier alpha value is -3.76. The van der Waals surface area contributed by atoms with Crippen molar-refractivity contribution < 1.29 is 18.7 Å². The molecule has 1 amide bonds. The van der Waals surface area contributed by atoms with Crippen LogP contribution in [0.3, 0.4) is 0 Å². The number of carbonyl (C=O) groups excluding carboxylic acids is 1. The third-order valence-electron chi connectivity index (χ3n) is 7.90. The van der Waals surface area contributed by atoms with Crippen LogP contribution in [0.2, 0.25) is 0 Å². The molecule has 4 heterocycles. The Morgan fingerprint density at radius 3 is 2.65 bits per heavy atom. The Balaban J connectivity index is 1.08. The predicted molar refractivity (Wildman–Crippen MR) is 152 cm³/mol. The van der Waals surface area contributed by atoms with Gasteiger partial charge in [-0.05, 0) is 48.4 Å². The highest BCUT2D eigenvalue weighted by atomic mass is 32.2. The van der Waals surface area contributed by atoms with Gasteiger partial charge in [0, 0.05) is 44.5 Å². The minimum atomic E-state index is -0.243. The van der Waals surface area contributed by atoms with E-state index in [9.17, 15) is 9.18 Å². The first kappa shape index (κ1) is 25.2. The van der Waals surface area contributed by atoms with Gasteiger partial charge in [-0.1, -0.05) is 42.1 Å². The topological polar surface area (TPSA) is 73.9 Å². The second-order valence-corrected chi connectivity index (χ2v) is 11.7. The van der Waals surface area contributed by atoms with Crippen LogP contribution in [0.1, 0.15) is 12.0 Å². The number of halogens is 1. The number of H-pyrrole nitrogens is 1. The van der Waals surface area contributed by atoms with Crippen molar-refractivity contribution in [3.63, 3.8) is 0 Å². The number of rotatable bonds is 6. The highest BCUT2D eigenvalue weighted by molar-refractivity contribution is 7.99. The zero-order chi connectivity index (χ0) is 27.1. The Kier molecular flexibility index (Phi) is 6.73. The van der Waals surface area contributed by atoms with Crippen LogP contribution in [0.15, 0.2) is 71.9 Å². The number of aromatic nitrogens is 2. The van der Waals surface area contributed by atoms with Gasteiger partial charge in [-0.3, -0.25) is 9.69 Å². The first-order valence-corrected chi connectivity index (χ1v) is 14.5. The number of fused-ring (bicyclic) bond motifs is 2. The highest BCUT2D eigenvalue weighted by Crippen LogP contribution is 2.37. The molecule has 3 aromatic carbocycles. The fourth-order valence-electron chi connectivity index (χ4n) is 5.88. The third kappa shape index (κ3) is 4.97. The zero-order valence-corrected chi connectivity index (χ0v) is 22.8. The molecule has 0 saturated carbocycles. The van der Waals surface area contributed by atoms with Crippen LogP contribution < -0.4 is 14.4 Å². The van der Waals surface area contributed by atoms with E-state index in [0.29, 0.717) is 38.4 Å². The van der Waals surface area contributed by atoms with E-state index in [2.05, 4.69) is 9.88 Å². The molecule has 3 aliphatic rings. The monoisotopic (exact) mass is 559 g/mol. The molecular formula is C30H30FN5O3S. The molecule has 3 aliphatic heterocycles. The molecule has 1 N–H and O–H groups in total. The van der Waals surface area contributed by atoms with Gasteiger partial charge in [0.1, 0.15) is 5.82 Å². The number of imidazole rings is 1. The van der Waals surface area contributed by atoms with Crippen LogP contribution in [0.25, 0.3) is 11.0 Å². The maximum absolute atomic E-state index is 14.4. The van der Waals surface area contributed by atoms with Gasteiger partial charge in [0.2, 0.25) is 12.7 Å². The summed E-state index contributed by atoms with van der Waals surface area (Å²) < 4.78 is 25.4. The van der Waals surface area contributed by atoms with E-state index in [0.717, 1.165) is 46.2 Å². The van der Waals surface area contributed by atoms with Crippen molar-refractivity contribution in [3.8, 4) is 11.5 Å². The summed E-state index contributed by atoms with van der Waals surface area (Å²) in [6, 6.07) is 20.6. The molecule has 2 atom stereocenters. The molecule has 2 saturated heterocycles. The van der Waals surface area contributed by atoms with E-state index in [1.54, 1.807) is 23.9 Å². The Morgan fingerprint density at radius 1 is 1.00 bits per heavy atom. The predicted octanol–water partition coefficient (Wildman–Crippen LogP) is 4.51. The number of ether oxygens (including phenoxy) is 2. The SMILES string of the molecule is O=C([C@@H]1C[C@@H](Sc2nc3ccccc3[nH]2)CN1Cc1ccc2c(c1)OCO2)N1CCN(c2ccccc2F)CC1. The van der Waals surface area contributed by atoms with Crippen LogP contribution in [0, 0.1) is 5.82 Å². The van der Waals surface area contributed by atoms with E-state index in [-0.39, 0.29) is 29.8 Å². The van der Waals surface area contributed by atoms with Gasteiger partial charge in [-0.15, -0.1) is 0 Å². The van der Waals surface area contributed by atoms with Crippen LogP contribution in [-0.4, -0.2) is 76.5 Å². The number of benzene rings is 3. The smallest absolute Gasteiger partial charge is 0.240 e. The molecule has 4 aromatic rings. The minimum absolute atomic E-state index is 0.140. The fraction of sp³-hybridized carbons (Fsp3) is 0.333. The van der Waals surface area contributed by atoms with E-state index in [1.165, 1.54) is 6.07 Å². The second-order valence-electron chi connectivity index (χ2n) is 10.4. The molecule has 0 spiro atoms. The summed E-state index contributed by atoms with van der Waals surface area (Å²) in [5, 5.41) is 1.09. The number of aromatic amines is 1. The summed E-state index contributed by atoms with van der Waals surface area (Å²) in [5.74, 6) is 1.42. The van der Waals surface area contributed by atoms with Crippen molar-refractivity contribution >= 4 is 34.4 Å². The molecule has 0 unspecified atom stereocenters. The number of likely N-dealkylation sites (tertiary alicyclic amines) is 1. The van der Waals surface area contributed by atoms with Crippen molar-refractivity contribution in [3.05, 3.63) is 78.1 Å². The van der Waals surface area contributed by atoms with Gasteiger partial charge < -0.3 is 24.3 Å². The van der Waals surface area contributed by atoms with Gasteiger partial charge in [0.25, 0.3) is 0 Å². The summed E-state index contributed by atoms with van der Waals surface area (Å²) in [4.78, 5) is 28.4. The fourth-order valence-corrected chi connectivity index (χ4v) is 7.06. The summed E-state index contributed by atoms with van der Waals surface area (Å²) in [6.45, 7) is 4.00. The van der Waals surface area contributed by atoms with Crippen molar-refractivity contribution in [2.45, 2.75) is 29.4 Å². The van der Waals surface area contributed by atoms with Gasteiger partial charge in [-0.25, -0.2) is 9.37 Å². The molecule has 2 fully saturated rings. The van der Waals surface area contributed by atoms with E-state index in [4.69, 9.17) is 14.5 Å². The maximum Gasteiger partial charge on any atom is 0.240 e. The largest absolute Gasteiger partial charge is 0.454 e. The lowest BCUT2D eigenvalue weighted by molar-refractivity contribution is -0.136. The molecule has 0 bridgehead atoms. The van der Waals surface area contributed by atoms with Crippen LogP contribution >= 0.6 is 11.8 Å². The summed E-state index contributed by atoms with van der Waals surface area (Å²) in [7, 11) is 0. The number of para-hydroxylation sites is 3. The summed E-state index contributed by atoms with van der Waals surface area (Å²) >= 11 is 1.70. The van der Waals surface area contributed by atoms with Crippen molar-refractivity contribution in [1.82, 2.24) is 19.8 Å². The van der Waals surface area contributed by atoms with Gasteiger partial charge in [0.05, 0.1) is 22.8 Å². The Morgan fingerprint density at radius 2 is 1.80 bits per heavy atom. The second kappa shape index (κ2) is 10.7. The molecule has 0 aliphatic carbocycles. The number of nitrogens with zero attached hydrogens (tertiary/aromatic N) is 4. The van der Waals surface area contributed by atoms with Crippen LogP contribution in [-0.2, 0) is 11.3 Å². The van der Waals surface area contributed by atoms with Crippen molar-refractivity contribution in [2.24, 2.45) is 0 Å². The first-order chi connectivity index (χ1) is 19.6. The third-order valence-corrected chi connectivity index (χ3v) is 8.99. The number of thioether (sulfide) groups is 1. The average Bonchev–Trinajstić information content (AvgIpc) is 3.71. The summed E-state index contributed by atoms with van der Waals surface area (Å²) in [5.41, 5.74) is 3.64. The van der Waals surface area contributed by atoms with Crippen LogP contribution in [0.4, 0.5) is 10.1 Å². The van der Waals surface area contributed by atoms with Gasteiger partial charge >= 0.3 is 0 Å². The molecule has 1 aromatic heterocycles. The zero-order valence-electron chi connectivity index (χ0n) is 22.0. The lowest BCUT2D eigenvalue weighted by atomic mass is 10.1. The lowest BCUT2D eigenvalue weighted by Gasteiger charge is -2.38. The highest BCUT2D eigenvalue weighted by Gasteiger charge is 2.40.